The van der Waals surface area contributed by atoms with E-state index in [1.807, 2.05) is 17.0 Å². The van der Waals surface area contributed by atoms with Gasteiger partial charge in [-0.1, -0.05) is 19.1 Å². The lowest BCUT2D eigenvalue weighted by molar-refractivity contribution is 0.0611. The fourth-order valence-electron chi connectivity index (χ4n) is 3.55. The predicted molar refractivity (Wildman–Crippen MR) is 94.2 cm³/mol. The average molecular weight is 336 g/mol. The summed E-state index contributed by atoms with van der Waals surface area (Å²) >= 11 is 0. The number of aromatic amines is 1. The number of phenolic OH excluding ortho intramolecular Hbond substituents is 1. The van der Waals surface area contributed by atoms with Gasteiger partial charge in [-0.2, -0.15) is 5.10 Å². The van der Waals surface area contributed by atoms with E-state index in [4.69, 9.17) is 0 Å². The maximum atomic E-state index is 13.0. The monoisotopic (exact) mass is 336 g/mol. The molecule has 128 valence electrons. The second-order valence-corrected chi connectivity index (χ2v) is 6.23. The van der Waals surface area contributed by atoms with E-state index in [1.54, 1.807) is 24.3 Å². The molecular weight excluding hydrogens is 316 g/mol. The highest BCUT2D eigenvalue weighted by Gasteiger charge is 2.31. The van der Waals surface area contributed by atoms with Crippen LogP contribution < -0.4 is 0 Å². The smallest absolute Gasteiger partial charge is 0.272 e. The summed E-state index contributed by atoms with van der Waals surface area (Å²) in [4.78, 5) is 14.9. The van der Waals surface area contributed by atoms with Crippen LogP contribution in [-0.2, 0) is 6.54 Å². The number of hydrogen-bond acceptors (Lipinski definition) is 3. The Balaban J connectivity index is 1.63. The number of amides is 1. The molecule has 1 amide bonds. The van der Waals surface area contributed by atoms with E-state index in [2.05, 4.69) is 34.0 Å². The van der Waals surface area contributed by atoms with E-state index in [0.29, 0.717) is 23.5 Å². The first-order chi connectivity index (χ1) is 12.2. The van der Waals surface area contributed by atoms with Gasteiger partial charge in [0, 0.05) is 30.5 Å². The van der Waals surface area contributed by atoms with Crippen molar-refractivity contribution in [2.45, 2.75) is 25.9 Å². The van der Waals surface area contributed by atoms with Crippen LogP contribution in [0.4, 0.5) is 0 Å². The minimum absolute atomic E-state index is 0.0616. The second kappa shape index (κ2) is 6.12. The van der Waals surface area contributed by atoms with Crippen LogP contribution in [0.3, 0.4) is 0 Å². The van der Waals surface area contributed by atoms with Gasteiger partial charge in [-0.3, -0.25) is 9.89 Å². The summed E-state index contributed by atoms with van der Waals surface area (Å²) in [5.74, 6) is 0.0868. The maximum Gasteiger partial charge on any atom is 0.272 e. The van der Waals surface area contributed by atoms with Gasteiger partial charge in [0.25, 0.3) is 5.91 Å². The Labute approximate surface area is 145 Å². The van der Waals surface area contributed by atoms with Crippen LogP contribution >= 0.6 is 0 Å². The van der Waals surface area contributed by atoms with Crippen molar-refractivity contribution < 1.29 is 9.90 Å². The predicted octanol–water partition coefficient (Wildman–Crippen LogP) is 3.19. The third-order valence-electron chi connectivity index (χ3n) is 4.80. The normalized spacial score (nSPS) is 16.7. The molecule has 0 aliphatic carbocycles. The summed E-state index contributed by atoms with van der Waals surface area (Å²) in [5, 5.41) is 17.0. The largest absolute Gasteiger partial charge is 0.507 e. The molecule has 3 aromatic rings. The molecule has 1 atom stereocenters. The number of nitrogens with zero attached hydrogens (tertiary/aromatic N) is 3. The van der Waals surface area contributed by atoms with E-state index in [0.717, 1.165) is 13.0 Å². The van der Waals surface area contributed by atoms with E-state index in [9.17, 15) is 9.90 Å². The number of carbonyl (C=O) groups excluding carboxylic acids is 1. The molecule has 2 N–H and O–H groups in total. The van der Waals surface area contributed by atoms with Gasteiger partial charge >= 0.3 is 0 Å². The SMILES string of the molecule is CCC1c2cccn2CCN1C(=O)c1cc(-c2ccccc2O)n[nH]1. The number of aromatic hydroxyl groups is 1. The number of hydrogen-bond donors (Lipinski definition) is 2. The van der Waals surface area contributed by atoms with Crippen LogP contribution in [0.5, 0.6) is 5.75 Å². The van der Waals surface area contributed by atoms with Crippen molar-refractivity contribution in [2.24, 2.45) is 0 Å². The highest BCUT2D eigenvalue weighted by molar-refractivity contribution is 5.94. The second-order valence-electron chi connectivity index (χ2n) is 6.23. The van der Waals surface area contributed by atoms with E-state index >= 15 is 0 Å². The fraction of sp³-hybridized carbons (Fsp3) is 0.263. The number of nitrogens with one attached hydrogen (secondary N) is 1. The Morgan fingerprint density at radius 3 is 2.92 bits per heavy atom. The van der Waals surface area contributed by atoms with Crippen molar-refractivity contribution in [3.05, 3.63) is 60.0 Å². The number of fused-ring (bicyclic) bond motifs is 1. The molecule has 0 saturated carbocycles. The first-order valence-electron chi connectivity index (χ1n) is 8.49. The number of aromatic nitrogens is 3. The van der Waals surface area contributed by atoms with Crippen molar-refractivity contribution >= 4 is 5.91 Å². The molecule has 6 heteroatoms. The molecule has 4 rings (SSSR count). The van der Waals surface area contributed by atoms with Crippen LogP contribution in [0.2, 0.25) is 0 Å². The molecule has 3 heterocycles. The standard InChI is InChI=1S/C19H20N4O2/c1-2-16-17-7-5-9-22(17)10-11-23(16)19(25)15-12-14(20-21-15)13-6-3-4-8-18(13)24/h3-9,12,16,24H,2,10-11H2,1H3,(H,20,21). The summed E-state index contributed by atoms with van der Waals surface area (Å²) in [6.45, 7) is 3.56. The Kier molecular flexibility index (Phi) is 3.80. The lowest BCUT2D eigenvalue weighted by Crippen LogP contribution is -2.41. The van der Waals surface area contributed by atoms with Gasteiger partial charge in [0.15, 0.2) is 0 Å². The van der Waals surface area contributed by atoms with Crippen LogP contribution in [0, 0.1) is 0 Å². The van der Waals surface area contributed by atoms with Crippen molar-refractivity contribution in [1.82, 2.24) is 19.7 Å². The summed E-state index contributed by atoms with van der Waals surface area (Å²) in [5.41, 5.74) is 2.78. The highest BCUT2D eigenvalue weighted by atomic mass is 16.3. The topological polar surface area (TPSA) is 74.2 Å². The number of benzene rings is 1. The van der Waals surface area contributed by atoms with Crippen molar-refractivity contribution in [3.63, 3.8) is 0 Å². The van der Waals surface area contributed by atoms with E-state index < -0.39 is 0 Å². The molecule has 2 aromatic heterocycles. The fourth-order valence-corrected chi connectivity index (χ4v) is 3.55. The number of H-pyrrole nitrogens is 1. The van der Waals surface area contributed by atoms with Crippen LogP contribution in [-0.4, -0.2) is 37.2 Å². The quantitative estimate of drug-likeness (QED) is 0.771. The van der Waals surface area contributed by atoms with Crippen molar-refractivity contribution in [3.8, 4) is 17.0 Å². The zero-order chi connectivity index (χ0) is 17.4. The summed E-state index contributed by atoms with van der Waals surface area (Å²) < 4.78 is 2.21. The number of para-hydroxylation sites is 1. The Bertz CT molecular complexity index is 912. The van der Waals surface area contributed by atoms with Gasteiger partial charge in [0.05, 0.1) is 11.7 Å². The lowest BCUT2D eigenvalue weighted by atomic mass is 10.1. The minimum Gasteiger partial charge on any atom is -0.507 e. The molecule has 0 spiro atoms. The van der Waals surface area contributed by atoms with Crippen LogP contribution in [0.1, 0.15) is 35.6 Å². The molecule has 1 unspecified atom stereocenters. The van der Waals surface area contributed by atoms with Crippen molar-refractivity contribution in [1.29, 1.82) is 0 Å². The zero-order valence-corrected chi connectivity index (χ0v) is 14.0. The lowest BCUT2D eigenvalue weighted by Gasteiger charge is -2.36. The maximum absolute atomic E-state index is 13.0. The first kappa shape index (κ1) is 15.5. The molecule has 0 saturated heterocycles. The molecule has 25 heavy (non-hydrogen) atoms. The number of rotatable bonds is 3. The van der Waals surface area contributed by atoms with E-state index in [-0.39, 0.29) is 17.7 Å². The summed E-state index contributed by atoms with van der Waals surface area (Å²) in [6, 6.07) is 12.8. The number of phenols is 1. The van der Waals surface area contributed by atoms with Crippen molar-refractivity contribution in [2.75, 3.05) is 6.54 Å². The zero-order valence-electron chi connectivity index (χ0n) is 14.0. The van der Waals surface area contributed by atoms with Gasteiger partial charge in [-0.05, 0) is 36.8 Å². The molecule has 0 bridgehead atoms. The Morgan fingerprint density at radius 1 is 1.28 bits per heavy atom. The average Bonchev–Trinajstić information content (AvgIpc) is 3.30. The van der Waals surface area contributed by atoms with Gasteiger partial charge in [0.2, 0.25) is 0 Å². The molecule has 1 aliphatic rings. The van der Waals surface area contributed by atoms with Crippen LogP contribution in [0.15, 0.2) is 48.7 Å². The van der Waals surface area contributed by atoms with Gasteiger partial charge < -0.3 is 14.6 Å². The molecule has 6 nitrogen and oxygen atoms in total. The third-order valence-corrected chi connectivity index (χ3v) is 4.80. The molecular formula is C19H20N4O2. The van der Waals surface area contributed by atoms with Gasteiger partial charge in [0.1, 0.15) is 11.4 Å². The highest BCUT2D eigenvalue weighted by Crippen LogP contribution is 2.31. The van der Waals surface area contributed by atoms with Gasteiger partial charge in [-0.25, -0.2) is 0 Å². The van der Waals surface area contributed by atoms with E-state index in [1.165, 1.54) is 5.69 Å². The first-order valence-corrected chi connectivity index (χ1v) is 8.49. The summed E-state index contributed by atoms with van der Waals surface area (Å²) in [6.07, 6.45) is 2.92. The molecule has 1 aromatic carbocycles. The molecule has 0 radical (unpaired) electrons. The minimum atomic E-state index is -0.0616. The third kappa shape index (κ3) is 2.59. The van der Waals surface area contributed by atoms with Gasteiger partial charge in [-0.15, -0.1) is 0 Å². The summed E-state index contributed by atoms with van der Waals surface area (Å²) in [7, 11) is 0. The Morgan fingerprint density at radius 2 is 2.12 bits per heavy atom. The number of carbonyl (C=O) groups is 1. The molecule has 0 fully saturated rings. The Hall–Kier alpha value is -3.02. The molecule has 1 aliphatic heterocycles. The van der Waals surface area contributed by atoms with Crippen LogP contribution in [0.25, 0.3) is 11.3 Å².